The van der Waals surface area contributed by atoms with E-state index in [-0.39, 0.29) is 5.69 Å². The molecule has 1 heterocycles. The number of non-ortho nitro benzene ring substituents is 1. The highest BCUT2D eigenvalue weighted by Crippen LogP contribution is 2.33. The van der Waals surface area contributed by atoms with Gasteiger partial charge in [-0.2, -0.15) is 0 Å². The van der Waals surface area contributed by atoms with Crippen LogP contribution in [0.3, 0.4) is 0 Å². The summed E-state index contributed by atoms with van der Waals surface area (Å²) in [6, 6.07) is 5.09. The van der Waals surface area contributed by atoms with Gasteiger partial charge in [0.2, 0.25) is 11.8 Å². The molecule has 7 nitrogen and oxygen atoms in total. The van der Waals surface area contributed by atoms with E-state index in [4.69, 9.17) is 4.42 Å². The Morgan fingerprint density at radius 1 is 1.27 bits per heavy atom. The maximum absolute atomic E-state index is 11.0. The zero-order valence-corrected chi connectivity index (χ0v) is 12.4. The number of anilines is 1. The number of nitro groups is 1. The van der Waals surface area contributed by atoms with Gasteiger partial charge in [0.25, 0.3) is 5.69 Å². The number of hydrogen-bond donors (Lipinski definition) is 1. The van der Waals surface area contributed by atoms with Crippen molar-refractivity contribution in [1.82, 2.24) is 10.2 Å². The average molecular weight is 302 g/mol. The second-order valence-corrected chi connectivity index (χ2v) is 5.59. The number of nitro benzene ring substituents is 1. The molecule has 0 saturated heterocycles. The molecule has 1 saturated carbocycles. The molecule has 0 radical (unpaired) electrons. The van der Waals surface area contributed by atoms with Crippen LogP contribution in [-0.4, -0.2) is 21.2 Å². The number of aryl methyl sites for hydroxylation is 1. The van der Waals surface area contributed by atoms with Crippen LogP contribution in [0.4, 0.5) is 11.4 Å². The van der Waals surface area contributed by atoms with Gasteiger partial charge in [0.1, 0.15) is 0 Å². The molecule has 0 atom stereocenters. The van der Waals surface area contributed by atoms with E-state index in [1.807, 2.05) is 0 Å². The van der Waals surface area contributed by atoms with Gasteiger partial charge in [-0.1, -0.05) is 19.3 Å². The highest BCUT2D eigenvalue weighted by atomic mass is 16.6. The van der Waals surface area contributed by atoms with E-state index in [2.05, 4.69) is 15.5 Å². The van der Waals surface area contributed by atoms with Crippen LogP contribution in [-0.2, 0) is 0 Å². The summed E-state index contributed by atoms with van der Waals surface area (Å²) in [6.07, 6.45) is 5.91. The van der Waals surface area contributed by atoms with E-state index >= 15 is 0 Å². The van der Waals surface area contributed by atoms with Crippen molar-refractivity contribution in [3.63, 3.8) is 0 Å². The molecule has 3 rings (SSSR count). The summed E-state index contributed by atoms with van der Waals surface area (Å²) in [7, 11) is 0. The van der Waals surface area contributed by atoms with Crippen LogP contribution in [0.2, 0.25) is 0 Å². The lowest BCUT2D eigenvalue weighted by Gasteiger charge is -2.24. The molecule has 2 aromatic rings. The molecule has 1 fully saturated rings. The maximum atomic E-state index is 11.0. The van der Waals surface area contributed by atoms with Gasteiger partial charge in [-0.05, 0) is 18.9 Å². The molecule has 0 bridgehead atoms. The molecule has 0 unspecified atom stereocenters. The molecular weight excluding hydrogens is 284 g/mol. The summed E-state index contributed by atoms with van der Waals surface area (Å²) in [5.74, 6) is 0.740. The van der Waals surface area contributed by atoms with Crippen molar-refractivity contribution in [1.29, 1.82) is 0 Å². The van der Waals surface area contributed by atoms with Gasteiger partial charge in [0, 0.05) is 30.8 Å². The molecule has 0 aliphatic heterocycles. The summed E-state index contributed by atoms with van der Waals surface area (Å²) in [6.45, 7) is 1.70. The van der Waals surface area contributed by atoms with E-state index in [0.717, 1.165) is 18.5 Å². The van der Waals surface area contributed by atoms with Crippen molar-refractivity contribution in [3.8, 4) is 11.5 Å². The van der Waals surface area contributed by atoms with E-state index in [9.17, 15) is 10.1 Å². The Hall–Kier alpha value is -2.44. The number of benzene rings is 1. The SMILES string of the molecule is Cc1nnc(-c2cc([N+](=O)[O-])ccc2NC2CCCCC2)o1. The Labute approximate surface area is 127 Å². The van der Waals surface area contributed by atoms with E-state index in [0.29, 0.717) is 23.4 Å². The van der Waals surface area contributed by atoms with E-state index in [1.165, 1.54) is 31.4 Å². The second kappa shape index (κ2) is 6.13. The Kier molecular flexibility index (Phi) is 4.04. The van der Waals surface area contributed by atoms with Crippen LogP contribution < -0.4 is 5.32 Å². The first-order valence-corrected chi connectivity index (χ1v) is 7.49. The normalized spacial score (nSPS) is 15.7. The van der Waals surface area contributed by atoms with Crippen LogP contribution in [0.15, 0.2) is 22.6 Å². The second-order valence-electron chi connectivity index (χ2n) is 5.59. The number of hydrogen-bond acceptors (Lipinski definition) is 6. The summed E-state index contributed by atoms with van der Waals surface area (Å²) in [5, 5.41) is 22.3. The zero-order valence-electron chi connectivity index (χ0n) is 12.4. The maximum Gasteiger partial charge on any atom is 0.270 e. The van der Waals surface area contributed by atoms with Gasteiger partial charge in [0.15, 0.2) is 0 Å². The van der Waals surface area contributed by atoms with Crippen LogP contribution in [0, 0.1) is 17.0 Å². The van der Waals surface area contributed by atoms with Gasteiger partial charge in [-0.15, -0.1) is 10.2 Å². The van der Waals surface area contributed by atoms with Gasteiger partial charge in [-0.3, -0.25) is 10.1 Å². The van der Waals surface area contributed by atoms with E-state index < -0.39 is 4.92 Å². The Balaban J connectivity index is 1.95. The van der Waals surface area contributed by atoms with Crippen molar-refractivity contribution >= 4 is 11.4 Å². The number of nitrogens with zero attached hydrogens (tertiary/aromatic N) is 3. The first kappa shape index (κ1) is 14.5. The third-order valence-corrected chi connectivity index (χ3v) is 3.94. The molecule has 0 amide bonds. The minimum Gasteiger partial charge on any atom is -0.421 e. The fourth-order valence-corrected chi connectivity index (χ4v) is 2.82. The molecule has 1 aliphatic carbocycles. The van der Waals surface area contributed by atoms with Crippen molar-refractivity contribution < 1.29 is 9.34 Å². The van der Waals surface area contributed by atoms with Crippen LogP contribution in [0.25, 0.3) is 11.5 Å². The molecule has 1 aliphatic rings. The third-order valence-electron chi connectivity index (χ3n) is 3.94. The van der Waals surface area contributed by atoms with Gasteiger partial charge in [0.05, 0.1) is 10.5 Å². The highest BCUT2D eigenvalue weighted by molar-refractivity contribution is 5.75. The summed E-state index contributed by atoms with van der Waals surface area (Å²) >= 11 is 0. The quantitative estimate of drug-likeness (QED) is 0.683. The lowest BCUT2D eigenvalue weighted by atomic mass is 9.95. The fourth-order valence-electron chi connectivity index (χ4n) is 2.82. The smallest absolute Gasteiger partial charge is 0.270 e. The van der Waals surface area contributed by atoms with Gasteiger partial charge >= 0.3 is 0 Å². The molecular formula is C15H18N4O3. The first-order valence-electron chi connectivity index (χ1n) is 7.49. The van der Waals surface area contributed by atoms with Gasteiger partial charge < -0.3 is 9.73 Å². The third kappa shape index (κ3) is 3.08. The predicted molar refractivity (Wildman–Crippen MR) is 81.6 cm³/mol. The Morgan fingerprint density at radius 3 is 2.68 bits per heavy atom. The fraction of sp³-hybridized carbons (Fsp3) is 0.467. The average Bonchev–Trinajstić information content (AvgIpc) is 2.95. The van der Waals surface area contributed by atoms with Crippen LogP contribution in [0.1, 0.15) is 38.0 Å². The molecule has 1 N–H and O–H groups in total. The molecule has 7 heteroatoms. The standard InChI is InChI=1S/C15H18N4O3/c1-10-17-18-15(22-10)13-9-12(19(20)21)7-8-14(13)16-11-5-3-2-4-6-11/h7-9,11,16H,2-6H2,1H3. The largest absolute Gasteiger partial charge is 0.421 e. The predicted octanol–water partition coefficient (Wildman–Crippen LogP) is 3.70. The molecule has 116 valence electrons. The van der Waals surface area contributed by atoms with Crippen molar-refractivity contribution in [2.75, 3.05) is 5.32 Å². The minimum absolute atomic E-state index is 0.0139. The number of rotatable bonds is 4. The van der Waals surface area contributed by atoms with Crippen LogP contribution in [0.5, 0.6) is 0 Å². The molecule has 1 aromatic carbocycles. The van der Waals surface area contributed by atoms with Crippen molar-refractivity contribution in [3.05, 3.63) is 34.2 Å². The van der Waals surface area contributed by atoms with Crippen molar-refractivity contribution in [2.45, 2.75) is 45.1 Å². The monoisotopic (exact) mass is 302 g/mol. The van der Waals surface area contributed by atoms with Crippen molar-refractivity contribution in [2.24, 2.45) is 0 Å². The summed E-state index contributed by atoms with van der Waals surface area (Å²) in [4.78, 5) is 10.6. The topological polar surface area (TPSA) is 94.1 Å². The lowest BCUT2D eigenvalue weighted by molar-refractivity contribution is -0.384. The van der Waals surface area contributed by atoms with E-state index in [1.54, 1.807) is 13.0 Å². The summed E-state index contributed by atoms with van der Waals surface area (Å²) < 4.78 is 5.45. The lowest BCUT2D eigenvalue weighted by Crippen LogP contribution is -2.22. The first-order chi connectivity index (χ1) is 10.6. The highest BCUT2D eigenvalue weighted by Gasteiger charge is 2.20. The molecule has 22 heavy (non-hydrogen) atoms. The molecule has 1 aromatic heterocycles. The van der Waals surface area contributed by atoms with Crippen LogP contribution >= 0.6 is 0 Å². The number of aromatic nitrogens is 2. The molecule has 0 spiro atoms. The Bertz CT molecular complexity index is 677. The Morgan fingerprint density at radius 2 is 2.05 bits per heavy atom. The minimum atomic E-state index is -0.420. The van der Waals surface area contributed by atoms with Gasteiger partial charge in [-0.25, -0.2) is 0 Å². The zero-order chi connectivity index (χ0) is 15.5. The number of nitrogens with one attached hydrogen (secondary N) is 1. The summed E-state index contributed by atoms with van der Waals surface area (Å²) in [5.41, 5.74) is 1.40.